The van der Waals surface area contributed by atoms with Crippen molar-refractivity contribution in [3.8, 4) is 66.8 Å². The van der Waals surface area contributed by atoms with Crippen molar-refractivity contribution in [2.24, 2.45) is 0 Å². The Morgan fingerprint density at radius 2 is 0.559 bits per heavy atom. The van der Waals surface area contributed by atoms with Crippen LogP contribution in [0.15, 0.2) is 243 Å². The molecule has 14 rings (SSSR count). The summed E-state index contributed by atoms with van der Waals surface area (Å²) in [5, 5.41) is 12.3. The number of H-pyrrole nitrogens is 2. The summed E-state index contributed by atoms with van der Waals surface area (Å²) < 4.78 is 0. The molecule has 0 atom stereocenters. The molecule has 12 aromatic carbocycles. The molecule has 2 aromatic heterocycles. The van der Waals surface area contributed by atoms with Crippen LogP contribution in [0.25, 0.3) is 143 Å². The van der Waals surface area contributed by atoms with Crippen LogP contribution < -0.4 is 0 Å². The van der Waals surface area contributed by atoms with E-state index in [0.29, 0.717) is 0 Å². The smallest absolute Gasteiger partial charge is 0.0544 e. The molecule has 2 heterocycles. The lowest BCUT2D eigenvalue weighted by Gasteiger charge is -2.25. The molecule has 0 spiro atoms. The predicted molar refractivity (Wildman–Crippen MR) is 290 cm³/mol. The van der Waals surface area contributed by atoms with Gasteiger partial charge in [-0.3, -0.25) is 0 Å². The standard InChI is InChI=1S/C66H42N2/c1-3-19-41(20-4-1)43-29-15-31-51(56-35-17-33-54-48-26-11-13-37-59(48)67-65(54)56)61(43)58-40-39-53-47-25-8-7-23-45(47)46-24-9-10-28-50(46)63(53)64(58)62-44(42-21-5-2-6-22-42)30-16-32-52(62)57-36-18-34-55-49-27-12-14-38-60(49)68-66(55)57/h1-40,67-68H. The third-order valence-corrected chi connectivity index (χ3v) is 14.4. The second-order valence-electron chi connectivity index (χ2n) is 18.0. The van der Waals surface area contributed by atoms with Crippen LogP contribution in [0.1, 0.15) is 0 Å². The highest BCUT2D eigenvalue weighted by Gasteiger charge is 2.27. The van der Waals surface area contributed by atoms with Gasteiger partial charge in [0.25, 0.3) is 0 Å². The average molecular weight is 863 g/mol. The van der Waals surface area contributed by atoms with E-state index in [9.17, 15) is 0 Å². The summed E-state index contributed by atoms with van der Waals surface area (Å²) in [5.74, 6) is 0. The molecule has 0 unspecified atom stereocenters. The molecule has 0 aliphatic rings. The van der Waals surface area contributed by atoms with Gasteiger partial charge < -0.3 is 9.97 Å². The summed E-state index contributed by atoms with van der Waals surface area (Å²) in [6, 6.07) is 89.6. The van der Waals surface area contributed by atoms with Crippen molar-refractivity contribution in [2.45, 2.75) is 0 Å². The van der Waals surface area contributed by atoms with E-state index in [4.69, 9.17) is 0 Å². The van der Waals surface area contributed by atoms with Crippen LogP contribution in [0.4, 0.5) is 0 Å². The molecule has 68 heavy (non-hydrogen) atoms. The van der Waals surface area contributed by atoms with E-state index in [1.165, 1.54) is 121 Å². The molecule has 0 aliphatic carbocycles. The lowest BCUT2D eigenvalue weighted by Crippen LogP contribution is -1.99. The van der Waals surface area contributed by atoms with Crippen molar-refractivity contribution in [1.82, 2.24) is 9.97 Å². The lowest BCUT2D eigenvalue weighted by molar-refractivity contribution is 1.52. The maximum atomic E-state index is 3.91. The number of nitrogens with one attached hydrogen (secondary N) is 2. The number of hydrogen-bond donors (Lipinski definition) is 2. The zero-order valence-electron chi connectivity index (χ0n) is 37.1. The van der Waals surface area contributed by atoms with Crippen LogP contribution in [0.2, 0.25) is 0 Å². The highest BCUT2D eigenvalue weighted by Crippen LogP contribution is 2.54. The Hall–Kier alpha value is -8.98. The van der Waals surface area contributed by atoms with Crippen LogP contribution in [0.3, 0.4) is 0 Å². The highest BCUT2D eigenvalue weighted by atomic mass is 14.7. The number of fused-ring (bicyclic) bond motifs is 12. The zero-order valence-corrected chi connectivity index (χ0v) is 37.1. The molecule has 0 aliphatic heterocycles. The van der Waals surface area contributed by atoms with Gasteiger partial charge in [-0.1, -0.05) is 231 Å². The third kappa shape index (κ3) is 5.78. The van der Waals surface area contributed by atoms with E-state index < -0.39 is 0 Å². The average Bonchev–Trinajstić information content (AvgIpc) is 4.00. The van der Waals surface area contributed by atoms with Crippen molar-refractivity contribution in [1.29, 1.82) is 0 Å². The molecule has 0 bridgehead atoms. The maximum absolute atomic E-state index is 3.91. The maximum Gasteiger partial charge on any atom is 0.0544 e. The van der Waals surface area contributed by atoms with E-state index >= 15 is 0 Å². The Morgan fingerprint density at radius 1 is 0.191 bits per heavy atom. The fourth-order valence-electron chi connectivity index (χ4n) is 11.5. The topological polar surface area (TPSA) is 31.6 Å². The first-order valence-corrected chi connectivity index (χ1v) is 23.5. The summed E-state index contributed by atoms with van der Waals surface area (Å²) in [6.45, 7) is 0. The van der Waals surface area contributed by atoms with Gasteiger partial charge in [0.1, 0.15) is 0 Å². The van der Waals surface area contributed by atoms with Gasteiger partial charge in [0, 0.05) is 43.7 Å². The molecule has 14 aromatic rings. The van der Waals surface area contributed by atoms with E-state index in [0.717, 1.165) is 22.1 Å². The lowest BCUT2D eigenvalue weighted by atomic mass is 9.77. The molecule has 0 amide bonds. The molecular weight excluding hydrogens is 821 g/mol. The second-order valence-corrected chi connectivity index (χ2v) is 18.0. The minimum absolute atomic E-state index is 1.13. The SMILES string of the molecule is c1ccc(-c2cccc(-c3cccc4c3[nH]c3ccccc34)c2-c2ccc3c4ccccc4c4ccccc4c3c2-c2c(-c3ccccc3)cccc2-c2cccc3c2[nH]c2ccccc23)cc1. The van der Waals surface area contributed by atoms with Crippen molar-refractivity contribution >= 4 is 75.9 Å². The van der Waals surface area contributed by atoms with E-state index in [1.807, 2.05) is 0 Å². The van der Waals surface area contributed by atoms with Crippen molar-refractivity contribution in [3.63, 3.8) is 0 Å². The highest BCUT2D eigenvalue weighted by molar-refractivity contribution is 6.31. The molecule has 0 saturated carbocycles. The van der Waals surface area contributed by atoms with Crippen LogP contribution in [-0.4, -0.2) is 9.97 Å². The first-order valence-electron chi connectivity index (χ1n) is 23.5. The minimum Gasteiger partial charge on any atom is -0.354 e. The first-order chi connectivity index (χ1) is 33.8. The van der Waals surface area contributed by atoms with Crippen LogP contribution in [0, 0.1) is 0 Å². The Labute approximate surface area is 393 Å². The molecule has 2 heteroatoms. The number of rotatable bonds is 6. The van der Waals surface area contributed by atoms with Crippen LogP contribution in [-0.2, 0) is 0 Å². The predicted octanol–water partition coefficient (Wildman–Crippen LogP) is 18.4. The largest absolute Gasteiger partial charge is 0.354 e. The van der Waals surface area contributed by atoms with Gasteiger partial charge in [-0.25, -0.2) is 0 Å². The number of para-hydroxylation sites is 4. The Morgan fingerprint density at radius 3 is 1.10 bits per heavy atom. The summed E-state index contributed by atoms with van der Waals surface area (Å²) in [4.78, 5) is 7.79. The fourth-order valence-corrected chi connectivity index (χ4v) is 11.5. The van der Waals surface area contributed by atoms with Gasteiger partial charge in [0.05, 0.1) is 11.0 Å². The van der Waals surface area contributed by atoms with E-state index in [1.54, 1.807) is 0 Å². The van der Waals surface area contributed by atoms with Crippen molar-refractivity contribution in [3.05, 3.63) is 243 Å². The second kappa shape index (κ2) is 15.3. The molecule has 2 N–H and O–H groups in total. The third-order valence-electron chi connectivity index (χ3n) is 14.4. The molecule has 0 fully saturated rings. The minimum atomic E-state index is 1.13. The van der Waals surface area contributed by atoms with Gasteiger partial charge >= 0.3 is 0 Å². The van der Waals surface area contributed by atoms with Gasteiger partial charge in [-0.15, -0.1) is 0 Å². The van der Waals surface area contributed by atoms with E-state index in [-0.39, 0.29) is 0 Å². The van der Waals surface area contributed by atoms with Crippen molar-refractivity contribution < 1.29 is 0 Å². The molecular formula is C66H42N2. The molecule has 2 nitrogen and oxygen atoms in total. The number of hydrogen-bond acceptors (Lipinski definition) is 0. The molecule has 316 valence electrons. The van der Waals surface area contributed by atoms with Gasteiger partial charge in [0.2, 0.25) is 0 Å². The van der Waals surface area contributed by atoms with Gasteiger partial charge in [-0.2, -0.15) is 0 Å². The summed E-state index contributed by atoms with van der Waals surface area (Å²) in [7, 11) is 0. The Bertz CT molecular complexity index is 4270. The summed E-state index contributed by atoms with van der Waals surface area (Å²) >= 11 is 0. The Kier molecular flexibility index (Phi) is 8.62. The van der Waals surface area contributed by atoms with Gasteiger partial charge in [0.15, 0.2) is 0 Å². The number of aromatic amines is 2. The Balaban J connectivity index is 1.22. The summed E-state index contributed by atoms with van der Waals surface area (Å²) in [6.07, 6.45) is 0. The van der Waals surface area contributed by atoms with Gasteiger partial charge in [-0.05, 0) is 100 Å². The molecule has 0 saturated heterocycles. The summed E-state index contributed by atoms with van der Waals surface area (Å²) in [5.41, 5.74) is 18.7. The normalized spacial score (nSPS) is 11.8. The zero-order chi connectivity index (χ0) is 44.7. The first kappa shape index (κ1) is 38.3. The van der Waals surface area contributed by atoms with Crippen molar-refractivity contribution in [2.75, 3.05) is 0 Å². The van der Waals surface area contributed by atoms with Crippen LogP contribution >= 0.6 is 0 Å². The van der Waals surface area contributed by atoms with Crippen LogP contribution in [0.5, 0.6) is 0 Å². The molecule has 0 radical (unpaired) electrons. The monoisotopic (exact) mass is 862 g/mol. The fraction of sp³-hybridized carbons (Fsp3) is 0. The number of aromatic nitrogens is 2. The quantitative estimate of drug-likeness (QED) is 0.156. The number of benzene rings is 12. The van der Waals surface area contributed by atoms with E-state index in [2.05, 4.69) is 253 Å².